The second kappa shape index (κ2) is 4.27. The Morgan fingerprint density at radius 3 is 3.00 bits per heavy atom. The van der Waals surface area contributed by atoms with Crippen molar-refractivity contribution in [2.24, 2.45) is 0 Å². The van der Waals surface area contributed by atoms with Gasteiger partial charge in [-0.15, -0.1) is 0 Å². The van der Waals surface area contributed by atoms with E-state index in [9.17, 15) is 4.79 Å². The van der Waals surface area contributed by atoms with E-state index in [-0.39, 0.29) is 12.6 Å². The molecule has 0 bridgehead atoms. The second-order valence-electron chi connectivity index (χ2n) is 3.21. The largest absolute Gasteiger partial charge is 0.477 e. The molecule has 0 aliphatic carbocycles. The summed E-state index contributed by atoms with van der Waals surface area (Å²) >= 11 is 0. The van der Waals surface area contributed by atoms with Gasteiger partial charge in [-0.25, -0.2) is 4.79 Å². The smallest absolute Gasteiger partial charge is 0.347 e. The maximum atomic E-state index is 11.1. The monoisotopic (exact) mass is 209 g/mol. The molecule has 0 spiro atoms. The highest BCUT2D eigenvalue weighted by Crippen LogP contribution is 2.16. The zero-order valence-electron chi connectivity index (χ0n) is 8.05. The van der Waals surface area contributed by atoms with Crippen LogP contribution in [0.5, 0.6) is 5.75 Å². The van der Waals surface area contributed by atoms with Crippen LogP contribution in [-0.4, -0.2) is 28.8 Å². The highest BCUT2D eigenvalue weighted by molar-refractivity contribution is 5.76. The minimum Gasteiger partial charge on any atom is -0.477 e. The number of aliphatic hydroxyl groups excluding tert-OH is 1. The fourth-order valence-electron chi connectivity index (χ4n) is 1.32. The zero-order chi connectivity index (χ0) is 10.7. The number of carbonyl (C=O) groups excluding carboxylic acids is 1. The Hall–Kier alpha value is -1.62. The van der Waals surface area contributed by atoms with Crippen LogP contribution in [0.15, 0.2) is 18.3 Å². The number of pyridine rings is 1. The number of ether oxygens (including phenoxy) is 2. The number of hydrogen-bond donors (Lipinski definition) is 1. The van der Waals surface area contributed by atoms with Crippen LogP contribution in [0.3, 0.4) is 0 Å². The van der Waals surface area contributed by atoms with Gasteiger partial charge < -0.3 is 14.6 Å². The highest BCUT2D eigenvalue weighted by atomic mass is 16.6. The number of esters is 1. The molecule has 0 saturated carbocycles. The fourth-order valence-corrected chi connectivity index (χ4v) is 1.32. The van der Waals surface area contributed by atoms with Crippen molar-refractivity contribution in [2.75, 3.05) is 6.61 Å². The van der Waals surface area contributed by atoms with Crippen LogP contribution in [-0.2, 0) is 16.1 Å². The summed E-state index contributed by atoms with van der Waals surface area (Å²) in [5, 5.41) is 8.78. The summed E-state index contributed by atoms with van der Waals surface area (Å²) in [4.78, 5) is 15.0. The second-order valence-corrected chi connectivity index (χ2v) is 3.21. The number of cyclic esters (lactones) is 1. The van der Waals surface area contributed by atoms with E-state index < -0.39 is 6.10 Å². The van der Waals surface area contributed by atoms with Gasteiger partial charge in [-0.05, 0) is 12.1 Å². The van der Waals surface area contributed by atoms with E-state index in [0.717, 1.165) is 0 Å². The van der Waals surface area contributed by atoms with Crippen molar-refractivity contribution in [3.05, 3.63) is 24.0 Å². The standard InChI is InChI=1S/C10H11NO4/c12-6-7-1-2-8(5-11-7)15-9-3-4-14-10(9)13/h1-2,5,9,12H,3-4,6H2. The molecule has 1 aromatic rings. The number of aromatic nitrogens is 1. The van der Waals surface area contributed by atoms with E-state index in [1.165, 1.54) is 6.20 Å². The molecular formula is C10H11NO4. The Morgan fingerprint density at radius 2 is 2.47 bits per heavy atom. The Morgan fingerprint density at radius 1 is 1.60 bits per heavy atom. The Bertz CT molecular complexity index is 349. The highest BCUT2D eigenvalue weighted by Gasteiger charge is 2.28. The van der Waals surface area contributed by atoms with Gasteiger partial charge >= 0.3 is 5.97 Å². The van der Waals surface area contributed by atoms with E-state index in [1.807, 2.05) is 0 Å². The normalized spacial score (nSPS) is 20.1. The predicted octanol–water partition coefficient (Wildman–Crippen LogP) is 0.268. The minimum absolute atomic E-state index is 0.105. The summed E-state index contributed by atoms with van der Waals surface area (Å²) in [6.07, 6.45) is 1.53. The lowest BCUT2D eigenvalue weighted by atomic mass is 10.3. The van der Waals surface area contributed by atoms with Crippen molar-refractivity contribution < 1.29 is 19.4 Å². The molecule has 1 saturated heterocycles. The Labute approximate surface area is 86.7 Å². The fraction of sp³-hybridized carbons (Fsp3) is 0.400. The lowest BCUT2D eigenvalue weighted by Gasteiger charge is -2.09. The molecule has 1 N–H and O–H groups in total. The number of nitrogens with zero attached hydrogens (tertiary/aromatic N) is 1. The molecule has 1 aliphatic heterocycles. The van der Waals surface area contributed by atoms with Crippen molar-refractivity contribution in [3.63, 3.8) is 0 Å². The lowest BCUT2D eigenvalue weighted by molar-refractivity contribution is -0.143. The number of aliphatic hydroxyl groups is 1. The van der Waals surface area contributed by atoms with Crippen LogP contribution in [0.2, 0.25) is 0 Å². The molecule has 5 heteroatoms. The molecule has 1 fully saturated rings. The molecule has 15 heavy (non-hydrogen) atoms. The van der Waals surface area contributed by atoms with Crippen molar-refractivity contribution in [3.8, 4) is 5.75 Å². The third-order valence-corrected chi connectivity index (χ3v) is 2.13. The molecule has 0 aromatic carbocycles. The van der Waals surface area contributed by atoms with Crippen molar-refractivity contribution in [2.45, 2.75) is 19.1 Å². The van der Waals surface area contributed by atoms with Gasteiger partial charge in [0, 0.05) is 6.42 Å². The molecule has 2 heterocycles. The van der Waals surface area contributed by atoms with Gasteiger partial charge in [-0.2, -0.15) is 0 Å². The first-order chi connectivity index (χ1) is 7.29. The summed E-state index contributed by atoms with van der Waals surface area (Å²) in [5.41, 5.74) is 0.566. The molecule has 1 atom stereocenters. The maximum absolute atomic E-state index is 11.1. The van der Waals surface area contributed by atoms with Crippen LogP contribution < -0.4 is 4.74 Å². The lowest BCUT2D eigenvalue weighted by Crippen LogP contribution is -2.21. The van der Waals surface area contributed by atoms with Crippen molar-refractivity contribution in [1.82, 2.24) is 4.98 Å². The van der Waals surface area contributed by atoms with Crippen LogP contribution in [0, 0.1) is 0 Å². The van der Waals surface area contributed by atoms with E-state index in [4.69, 9.17) is 14.6 Å². The summed E-state index contributed by atoms with van der Waals surface area (Å²) in [6, 6.07) is 3.32. The molecule has 0 amide bonds. The van der Waals surface area contributed by atoms with Crippen molar-refractivity contribution >= 4 is 5.97 Å². The molecule has 1 aromatic heterocycles. The number of carbonyl (C=O) groups is 1. The zero-order valence-corrected chi connectivity index (χ0v) is 8.05. The summed E-state index contributed by atoms with van der Waals surface area (Å²) in [5.74, 6) is 0.178. The van der Waals surface area contributed by atoms with Gasteiger partial charge in [0.25, 0.3) is 0 Å². The SMILES string of the molecule is O=C1OCCC1Oc1ccc(CO)nc1. The molecule has 80 valence electrons. The first-order valence-electron chi connectivity index (χ1n) is 4.68. The number of rotatable bonds is 3. The average Bonchev–Trinajstić information content (AvgIpc) is 2.66. The number of hydrogen-bond acceptors (Lipinski definition) is 5. The quantitative estimate of drug-likeness (QED) is 0.723. The summed E-state index contributed by atoms with van der Waals surface area (Å²) in [7, 11) is 0. The molecular weight excluding hydrogens is 198 g/mol. The van der Waals surface area contributed by atoms with E-state index in [0.29, 0.717) is 24.5 Å². The predicted molar refractivity (Wildman–Crippen MR) is 50.2 cm³/mol. The first-order valence-corrected chi connectivity index (χ1v) is 4.68. The van der Waals surface area contributed by atoms with Crippen LogP contribution in [0.25, 0.3) is 0 Å². The third kappa shape index (κ3) is 2.24. The Kier molecular flexibility index (Phi) is 2.82. The topological polar surface area (TPSA) is 68.7 Å². The summed E-state index contributed by atoms with van der Waals surface area (Å²) in [6.45, 7) is 0.303. The maximum Gasteiger partial charge on any atom is 0.347 e. The van der Waals surface area contributed by atoms with Crippen LogP contribution in [0.4, 0.5) is 0 Å². The van der Waals surface area contributed by atoms with Crippen LogP contribution >= 0.6 is 0 Å². The molecule has 2 rings (SSSR count). The van der Waals surface area contributed by atoms with Crippen molar-refractivity contribution in [1.29, 1.82) is 0 Å². The Balaban J connectivity index is 2.01. The van der Waals surface area contributed by atoms with E-state index in [2.05, 4.69) is 4.98 Å². The molecule has 1 unspecified atom stereocenters. The third-order valence-electron chi connectivity index (χ3n) is 2.13. The molecule has 5 nitrogen and oxygen atoms in total. The molecule has 1 aliphatic rings. The van der Waals surface area contributed by atoms with Gasteiger partial charge in [0.1, 0.15) is 5.75 Å². The van der Waals surface area contributed by atoms with Gasteiger partial charge in [-0.1, -0.05) is 0 Å². The van der Waals surface area contributed by atoms with Crippen LogP contribution in [0.1, 0.15) is 12.1 Å². The molecule has 0 radical (unpaired) electrons. The van der Waals surface area contributed by atoms with Gasteiger partial charge in [-0.3, -0.25) is 4.98 Å². The van der Waals surface area contributed by atoms with E-state index in [1.54, 1.807) is 12.1 Å². The summed E-state index contributed by atoms with van der Waals surface area (Å²) < 4.78 is 10.1. The first kappa shape index (κ1) is 9.92. The average molecular weight is 209 g/mol. The van der Waals surface area contributed by atoms with E-state index >= 15 is 0 Å². The van der Waals surface area contributed by atoms with Gasteiger partial charge in [0.05, 0.1) is 25.1 Å². The van der Waals surface area contributed by atoms with Gasteiger partial charge in [0.2, 0.25) is 0 Å². The minimum atomic E-state index is -0.522. The van der Waals surface area contributed by atoms with Gasteiger partial charge in [0.15, 0.2) is 6.10 Å².